The fourth-order valence-corrected chi connectivity index (χ4v) is 1.20. The molecule has 0 aromatic carbocycles. The third-order valence-electron chi connectivity index (χ3n) is 2.11. The lowest BCUT2D eigenvalue weighted by Gasteiger charge is -2.13. The monoisotopic (exact) mass is 237 g/mol. The number of hydrogen-bond donors (Lipinski definition) is 2. The van der Waals surface area contributed by atoms with Crippen LogP contribution < -0.4 is 5.43 Å². The lowest BCUT2D eigenvalue weighted by atomic mass is 10.0. The maximum absolute atomic E-state index is 11.3. The van der Waals surface area contributed by atoms with Gasteiger partial charge >= 0.3 is 0 Å². The number of allylic oxidation sites excluding steroid dienone is 1. The summed E-state index contributed by atoms with van der Waals surface area (Å²) >= 11 is 0. The first kappa shape index (κ1) is 15.6. The molecular weight excluding hydrogens is 214 g/mol. The van der Waals surface area contributed by atoms with Gasteiger partial charge in [-0.05, 0) is 13.3 Å². The van der Waals surface area contributed by atoms with Crippen LogP contribution in [0.4, 0.5) is 0 Å². The van der Waals surface area contributed by atoms with Crippen LogP contribution in [0, 0.1) is 5.41 Å². The molecule has 4 heteroatoms. The van der Waals surface area contributed by atoms with Crippen LogP contribution in [0.2, 0.25) is 0 Å². The first-order valence-electron chi connectivity index (χ1n) is 6.22. The zero-order valence-electron chi connectivity index (χ0n) is 11.3. The molecule has 1 amide bonds. The number of carbonyl (C=O) groups excluding carboxylic acids is 1. The molecule has 0 saturated carbocycles. The van der Waals surface area contributed by atoms with E-state index < -0.39 is 0 Å². The minimum absolute atomic E-state index is 0.241. The van der Waals surface area contributed by atoms with Gasteiger partial charge < -0.3 is 0 Å². The highest BCUT2D eigenvalue weighted by molar-refractivity contribution is 6.53. The van der Waals surface area contributed by atoms with Crippen LogP contribution in [0.5, 0.6) is 0 Å². The van der Waals surface area contributed by atoms with Gasteiger partial charge in [-0.25, -0.2) is 5.43 Å². The zero-order chi connectivity index (χ0) is 13.3. The van der Waals surface area contributed by atoms with Crippen LogP contribution in [0.3, 0.4) is 0 Å². The summed E-state index contributed by atoms with van der Waals surface area (Å²) in [5.41, 5.74) is 3.63. The van der Waals surface area contributed by atoms with E-state index in [1.54, 1.807) is 6.92 Å². The molecule has 4 nitrogen and oxygen atoms in total. The first-order chi connectivity index (χ1) is 8.08. The van der Waals surface area contributed by atoms with Crippen molar-refractivity contribution in [2.24, 2.45) is 5.10 Å². The van der Waals surface area contributed by atoms with E-state index in [2.05, 4.69) is 31.3 Å². The van der Waals surface area contributed by atoms with Crippen molar-refractivity contribution in [1.29, 1.82) is 5.41 Å². The van der Waals surface area contributed by atoms with E-state index in [9.17, 15) is 4.79 Å². The van der Waals surface area contributed by atoms with Crippen molar-refractivity contribution in [1.82, 2.24) is 5.43 Å². The topological polar surface area (TPSA) is 65.3 Å². The third kappa shape index (κ3) is 5.43. The Balaban J connectivity index is 0.000000770. The number of unbranched alkanes of at least 4 members (excludes halogenated alkanes) is 2. The second kappa shape index (κ2) is 8.67. The molecule has 0 unspecified atom stereocenters. The largest absolute Gasteiger partial charge is 0.298 e. The van der Waals surface area contributed by atoms with Gasteiger partial charge in [-0.2, -0.15) is 5.10 Å². The van der Waals surface area contributed by atoms with Gasteiger partial charge in [0.25, 0.3) is 5.91 Å². The summed E-state index contributed by atoms with van der Waals surface area (Å²) in [5.74, 6) is -0.267. The number of carbonyl (C=O) groups is 1. The Morgan fingerprint density at radius 1 is 1.35 bits per heavy atom. The van der Waals surface area contributed by atoms with Gasteiger partial charge in [-0.15, -0.1) is 0 Å². The lowest BCUT2D eigenvalue weighted by molar-refractivity contribution is -0.117. The van der Waals surface area contributed by atoms with Crippen molar-refractivity contribution < 1.29 is 4.79 Å². The van der Waals surface area contributed by atoms with Crippen molar-refractivity contribution in [2.45, 2.75) is 53.4 Å². The van der Waals surface area contributed by atoms with E-state index >= 15 is 0 Å². The molecule has 0 spiro atoms. The highest BCUT2D eigenvalue weighted by Gasteiger charge is 2.20. The molecule has 17 heavy (non-hydrogen) atoms. The van der Waals surface area contributed by atoms with E-state index in [0.29, 0.717) is 11.3 Å². The van der Waals surface area contributed by atoms with Crippen LogP contribution in [0.1, 0.15) is 53.4 Å². The highest BCUT2D eigenvalue weighted by atomic mass is 16.2. The molecule has 1 rings (SSSR count). The van der Waals surface area contributed by atoms with Crippen molar-refractivity contribution in [3.8, 4) is 0 Å². The maximum atomic E-state index is 11.3. The molecule has 0 radical (unpaired) electrons. The number of rotatable bonds is 3. The van der Waals surface area contributed by atoms with Crippen LogP contribution in [0.15, 0.2) is 16.8 Å². The number of nitrogens with zero attached hydrogens (tertiary/aromatic N) is 1. The predicted molar refractivity (Wildman–Crippen MR) is 72.6 cm³/mol. The quantitative estimate of drug-likeness (QED) is 0.575. The molecule has 0 aliphatic carbocycles. The first-order valence-corrected chi connectivity index (χ1v) is 6.22. The Hall–Kier alpha value is -1.45. The average molecular weight is 237 g/mol. The zero-order valence-corrected chi connectivity index (χ0v) is 11.3. The number of hydrogen-bond acceptors (Lipinski definition) is 3. The van der Waals surface area contributed by atoms with Crippen LogP contribution in [0.25, 0.3) is 0 Å². The number of amides is 1. The maximum Gasteiger partial charge on any atom is 0.273 e. The van der Waals surface area contributed by atoms with Crippen molar-refractivity contribution in [3.63, 3.8) is 0 Å². The van der Waals surface area contributed by atoms with Crippen LogP contribution >= 0.6 is 0 Å². The van der Waals surface area contributed by atoms with Crippen molar-refractivity contribution in [2.75, 3.05) is 0 Å². The van der Waals surface area contributed by atoms with Crippen molar-refractivity contribution >= 4 is 17.3 Å². The molecule has 96 valence electrons. The third-order valence-corrected chi connectivity index (χ3v) is 2.11. The predicted octanol–water partition coefficient (Wildman–Crippen LogP) is 3.04. The lowest BCUT2D eigenvalue weighted by Crippen LogP contribution is -2.34. The van der Waals surface area contributed by atoms with Crippen LogP contribution in [-0.4, -0.2) is 17.3 Å². The molecule has 0 fully saturated rings. The average Bonchev–Trinajstić information content (AvgIpc) is 2.30. The summed E-state index contributed by atoms with van der Waals surface area (Å²) in [6.07, 6.45) is 6.04. The Morgan fingerprint density at radius 2 is 1.94 bits per heavy atom. The summed E-state index contributed by atoms with van der Waals surface area (Å²) in [5, 5.41) is 11.4. The molecule has 2 N–H and O–H groups in total. The van der Waals surface area contributed by atoms with E-state index in [1.165, 1.54) is 6.42 Å². The SMILES string of the molecule is CCC.CCCC/C=C1\C(=N)C(C)=NNC1=O. The molecule has 0 atom stereocenters. The van der Waals surface area contributed by atoms with Gasteiger partial charge in [0.2, 0.25) is 0 Å². The van der Waals surface area contributed by atoms with E-state index in [1.807, 2.05) is 6.08 Å². The van der Waals surface area contributed by atoms with E-state index in [4.69, 9.17) is 5.41 Å². The Kier molecular flexibility index (Phi) is 7.93. The number of hydrazone groups is 1. The van der Waals surface area contributed by atoms with Crippen LogP contribution in [-0.2, 0) is 4.79 Å². The molecule has 1 aliphatic rings. The van der Waals surface area contributed by atoms with E-state index in [-0.39, 0.29) is 11.6 Å². The standard InChI is InChI=1S/C10H15N3O.C3H8/c1-3-4-5-6-8-9(11)7(2)12-13-10(8)14;1-3-2/h6,11H,3-5H2,1-2H3,(H,13,14);3H2,1-2H3/b8-6+,11-9?;. The second-order valence-corrected chi connectivity index (χ2v) is 3.98. The fraction of sp³-hybridized carbons (Fsp3) is 0.615. The molecule has 1 aliphatic heterocycles. The Bertz CT molecular complexity index is 330. The van der Waals surface area contributed by atoms with Gasteiger partial charge in [0.1, 0.15) is 0 Å². The summed E-state index contributed by atoms with van der Waals surface area (Å²) < 4.78 is 0. The fourth-order valence-electron chi connectivity index (χ4n) is 1.20. The summed E-state index contributed by atoms with van der Waals surface area (Å²) in [6.45, 7) is 8.06. The Morgan fingerprint density at radius 3 is 2.47 bits per heavy atom. The molecule has 0 aromatic rings. The second-order valence-electron chi connectivity index (χ2n) is 3.98. The minimum Gasteiger partial charge on any atom is -0.298 e. The molecule has 0 saturated heterocycles. The smallest absolute Gasteiger partial charge is 0.273 e. The minimum atomic E-state index is -0.267. The van der Waals surface area contributed by atoms with Gasteiger partial charge in [0, 0.05) is 0 Å². The summed E-state index contributed by atoms with van der Waals surface area (Å²) in [6, 6.07) is 0. The van der Waals surface area contributed by atoms with Gasteiger partial charge in [-0.3, -0.25) is 10.2 Å². The molecule has 0 aromatic heterocycles. The molecular formula is C13H23N3O. The summed E-state index contributed by atoms with van der Waals surface area (Å²) in [4.78, 5) is 11.3. The van der Waals surface area contributed by atoms with Gasteiger partial charge in [-0.1, -0.05) is 46.1 Å². The van der Waals surface area contributed by atoms with Gasteiger partial charge in [0.05, 0.1) is 17.0 Å². The summed E-state index contributed by atoms with van der Waals surface area (Å²) in [7, 11) is 0. The highest BCUT2D eigenvalue weighted by Crippen LogP contribution is 2.07. The molecule has 0 bridgehead atoms. The number of nitrogens with one attached hydrogen (secondary N) is 2. The molecule has 1 heterocycles. The van der Waals surface area contributed by atoms with E-state index in [0.717, 1.165) is 19.3 Å². The van der Waals surface area contributed by atoms with Gasteiger partial charge in [0.15, 0.2) is 0 Å². The Labute approximate surface area is 104 Å². The van der Waals surface area contributed by atoms with Crippen molar-refractivity contribution in [3.05, 3.63) is 11.6 Å². The normalized spacial score (nSPS) is 17.2.